The molecule has 1 fully saturated rings. The van der Waals surface area contributed by atoms with Crippen LogP contribution in [0.3, 0.4) is 0 Å². The van der Waals surface area contributed by atoms with E-state index in [4.69, 9.17) is 9.05 Å². The predicted molar refractivity (Wildman–Crippen MR) is 164 cm³/mol. The monoisotopic (exact) mass is 655 g/mol. The summed E-state index contributed by atoms with van der Waals surface area (Å²) in [5.74, 6) is -0.604. The lowest BCUT2D eigenvalue weighted by atomic mass is 9.85. The van der Waals surface area contributed by atoms with Gasteiger partial charge in [-0.25, -0.2) is 4.57 Å². The van der Waals surface area contributed by atoms with Crippen LogP contribution in [0.15, 0.2) is 12.2 Å². The quantitative estimate of drug-likeness (QED) is 0.0413. The van der Waals surface area contributed by atoms with Crippen LogP contribution in [0.1, 0.15) is 110 Å². The zero-order valence-electron chi connectivity index (χ0n) is 26.3. The minimum atomic E-state index is -5.11. The van der Waals surface area contributed by atoms with Crippen LogP contribution in [0, 0.1) is 0 Å². The molecular weight excluding hydrogens is 597 g/mol. The third-order valence-corrected chi connectivity index (χ3v) is 8.86. The molecule has 0 radical (unpaired) electrons. The summed E-state index contributed by atoms with van der Waals surface area (Å²) in [6.45, 7) is 3.54. The van der Waals surface area contributed by atoms with Crippen LogP contribution < -0.4 is 5.32 Å². The molecule has 8 unspecified atom stereocenters. The van der Waals surface area contributed by atoms with E-state index < -0.39 is 75.2 Å². The van der Waals surface area contributed by atoms with Crippen LogP contribution in [0.5, 0.6) is 0 Å². The fraction of sp³-hybridized carbons (Fsp3) is 0.900. The normalized spacial score (nSPS) is 27.6. The summed E-state index contributed by atoms with van der Waals surface area (Å²) < 4.78 is 22.5. The first-order valence-electron chi connectivity index (χ1n) is 16.2. The van der Waals surface area contributed by atoms with E-state index in [0.29, 0.717) is 12.8 Å². The lowest BCUT2D eigenvalue weighted by Crippen LogP contribution is -2.64. The minimum Gasteiger partial charge on any atom is -0.393 e. The predicted octanol–water partition coefficient (Wildman–Crippen LogP) is 1.96. The van der Waals surface area contributed by atoms with Gasteiger partial charge in [-0.15, -0.1) is 0 Å². The number of carbonyl (C=O) groups excluding carboxylic acids is 1. The highest BCUT2D eigenvalue weighted by Gasteiger charge is 2.51. The Morgan fingerprint density at radius 3 is 1.86 bits per heavy atom. The summed E-state index contributed by atoms with van der Waals surface area (Å²) in [5.41, 5.74) is 0. The molecule has 0 aromatic rings. The van der Waals surface area contributed by atoms with Crippen molar-refractivity contribution >= 4 is 13.7 Å². The van der Waals surface area contributed by atoms with Crippen LogP contribution >= 0.6 is 7.82 Å². The van der Waals surface area contributed by atoms with Crippen LogP contribution in [-0.2, 0) is 18.4 Å². The molecule has 0 aliphatic heterocycles. The van der Waals surface area contributed by atoms with Crippen molar-refractivity contribution in [3.8, 4) is 0 Å². The number of phosphoric acid groups is 1. The third-order valence-electron chi connectivity index (χ3n) is 7.87. The summed E-state index contributed by atoms with van der Waals surface area (Å²) in [4.78, 5) is 23.0. The maximum Gasteiger partial charge on any atom is 0.472 e. The number of allylic oxidation sites excluding steroid dienone is 1. The molecule has 0 heterocycles. The Bertz CT molecular complexity index is 833. The largest absolute Gasteiger partial charge is 0.472 e. The molecule has 0 bridgehead atoms. The molecule has 13 nitrogen and oxygen atoms in total. The molecule has 0 spiro atoms. The first-order valence-corrected chi connectivity index (χ1v) is 17.7. The molecule has 0 saturated heterocycles. The van der Waals surface area contributed by atoms with Crippen molar-refractivity contribution < 1.29 is 59.0 Å². The van der Waals surface area contributed by atoms with Gasteiger partial charge >= 0.3 is 7.82 Å². The van der Waals surface area contributed by atoms with Gasteiger partial charge < -0.3 is 46.0 Å². The first-order chi connectivity index (χ1) is 20.8. The van der Waals surface area contributed by atoms with E-state index in [9.17, 15) is 50.0 Å². The van der Waals surface area contributed by atoms with E-state index in [1.165, 1.54) is 25.3 Å². The summed E-state index contributed by atoms with van der Waals surface area (Å²) in [6, 6.07) is -1.23. The number of aliphatic hydroxyl groups is 7. The average Bonchev–Trinajstić information content (AvgIpc) is 2.98. The highest BCUT2D eigenvalue weighted by molar-refractivity contribution is 7.47. The maximum absolute atomic E-state index is 12.7. The molecule has 8 atom stereocenters. The van der Waals surface area contributed by atoms with Crippen LogP contribution in [0.4, 0.5) is 0 Å². The van der Waals surface area contributed by atoms with Gasteiger partial charge in [-0.1, -0.05) is 96.6 Å². The van der Waals surface area contributed by atoms with Crippen molar-refractivity contribution in [1.82, 2.24) is 5.32 Å². The number of nitrogens with one attached hydrogen (secondary N) is 1. The molecule has 1 rings (SSSR count). The summed E-state index contributed by atoms with van der Waals surface area (Å²) >= 11 is 0. The lowest BCUT2D eigenvalue weighted by Gasteiger charge is -2.41. The zero-order chi connectivity index (χ0) is 33.1. The smallest absolute Gasteiger partial charge is 0.393 e. The number of carbonyl (C=O) groups is 1. The number of aliphatic hydroxyl groups excluding tert-OH is 7. The fourth-order valence-electron chi connectivity index (χ4n) is 5.06. The molecule has 0 aromatic heterocycles. The van der Waals surface area contributed by atoms with Crippen molar-refractivity contribution in [2.75, 3.05) is 6.61 Å². The molecule has 1 aliphatic rings. The van der Waals surface area contributed by atoms with Gasteiger partial charge in [0, 0.05) is 0 Å². The lowest BCUT2D eigenvalue weighted by molar-refractivity contribution is -0.220. The highest BCUT2D eigenvalue weighted by atomic mass is 31.2. The summed E-state index contributed by atoms with van der Waals surface area (Å²) in [6.07, 6.45) is 2.60. The van der Waals surface area contributed by atoms with Gasteiger partial charge in [0.2, 0.25) is 5.91 Å². The van der Waals surface area contributed by atoms with Gasteiger partial charge in [0.15, 0.2) is 0 Å². The van der Waals surface area contributed by atoms with Gasteiger partial charge in [-0.3, -0.25) is 13.8 Å². The Morgan fingerprint density at radius 1 is 0.795 bits per heavy atom. The highest BCUT2D eigenvalue weighted by Crippen LogP contribution is 2.47. The van der Waals surface area contributed by atoms with Crippen molar-refractivity contribution in [3.05, 3.63) is 12.2 Å². The van der Waals surface area contributed by atoms with E-state index in [2.05, 4.69) is 19.2 Å². The number of rotatable bonds is 24. The van der Waals surface area contributed by atoms with Crippen molar-refractivity contribution in [2.24, 2.45) is 0 Å². The van der Waals surface area contributed by atoms with Crippen molar-refractivity contribution in [2.45, 2.75) is 165 Å². The number of hydrogen-bond acceptors (Lipinski definition) is 11. The second kappa shape index (κ2) is 22.5. The fourth-order valence-corrected chi connectivity index (χ4v) is 6.03. The van der Waals surface area contributed by atoms with E-state index in [1.54, 1.807) is 6.08 Å². The molecule has 0 aromatic carbocycles. The van der Waals surface area contributed by atoms with Crippen LogP contribution in [0.2, 0.25) is 0 Å². The Hall–Kier alpha value is -0.960. The van der Waals surface area contributed by atoms with E-state index in [1.807, 2.05) is 0 Å². The van der Waals surface area contributed by atoms with Crippen LogP contribution in [0.25, 0.3) is 0 Å². The molecular formula is C30H58NO12P. The third kappa shape index (κ3) is 16.0. The molecule has 260 valence electrons. The molecule has 1 aliphatic carbocycles. The van der Waals surface area contributed by atoms with Gasteiger partial charge in [0.05, 0.1) is 31.3 Å². The summed E-state index contributed by atoms with van der Waals surface area (Å²) in [7, 11) is -5.11. The number of hydrogen-bond donors (Lipinski definition) is 9. The van der Waals surface area contributed by atoms with E-state index >= 15 is 0 Å². The zero-order valence-corrected chi connectivity index (χ0v) is 27.2. The van der Waals surface area contributed by atoms with Crippen molar-refractivity contribution in [1.29, 1.82) is 0 Å². The Balaban J connectivity index is 2.76. The van der Waals surface area contributed by atoms with Gasteiger partial charge in [0.1, 0.15) is 36.6 Å². The van der Waals surface area contributed by atoms with Crippen LogP contribution in [-0.4, -0.2) is 108 Å². The number of unbranched alkanes of at least 4 members (excludes halogenated alkanes) is 11. The number of amides is 1. The Labute approximate surface area is 261 Å². The van der Waals surface area contributed by atoms with Gasteiger partial charge in [0.25, 0.3) is 0 Å². The second-order valence-electron chi connectivity index (χ2n) is 11.9. The standard InChI is InChI=1S/C30H58NO12P/c1-3-5-7-9-11-13-15-17-21(32)19-24(34)31-22(23(33)18-16-14-12-10-8-6-4-2)20-42-44(40,41)43-30-28(38)26(36)25(35)27(37)29(30)39/h16,18,21-23,25-30,32-33,35-39H,3-15,17,19-20H2,1-2H3,(H,31,34)(H,40,41)/b18-16+. The first kappa shape index (κ1) is 41.1. The minimum absolute atomic E-state index is 0.244. The number of phosphoric ester groups is 1. The van der Waals surface area contributed by atoms with Crippen molar-refractivity contribution in [3.63, 3.8) is 0 Å². The molecule has 1 saturated carbocycles. The molecule has 14 heteroatoms. The average molecular weight is 656 g/mol. The van der Waals surface area contributed by atoms with E-state index in [-0.39, 0.29) is 6.42 Å². The molecule has 1 amide bonds. The second-order valence-corrected chi connectivity index (χ2v) is 13.3. The topological polar surface area (TPSA) is 226 Å². The van der Waals surface area contributed by atoms with Gasteiger partial charge in [-0.2, -0.15) is 0 Å². The SMILES string of the molecule is CCCCCCC/C=C/C(O)C(COP(=O)(O)OC1C(O)C(O)C(O)C(O)C1O)NC(=O)CC(O)CCCCCCCCC. The molecule has 44 heavy (non-hydrogen) atoms. The van der Waals surface area contributed by atoms with Gasteiger partial charge in [-0.05, 0) is 19.3 Å². The molecule has 9 N–H and O–H groups in total. The maximum atomic E-state index is 12.7. The van der Waals surface area contributed by atoms with E-state index in [0.717, 1.165) is 57.8 Å². The Morgan fingerprint density at radius 2 is 1.30 bits per heavy atom. The Kier molecular flexibility index (Phi) is 21.0. The summed E-state index contributed by atoms with van der Waals surface area (Å²) in [5, 5.41) is 73.3.